The van der Waals surface area contributed by atoms with E-state index in [9.17, 15) is 4.39 Å². The minimum absolute atomic E-state index is 0.00330. The van der Waals surface area contributed by atoms with Crippen LogP contribution < -0.4 is 0 Å². The third-order valence-corrected chi connectivity index (χ3v) is 7.15. The molecule has 0 aliphatic rings. The van der Waals surface area contributed by atoms with Gasteiger partial charge >= 0.3 is 0 Å². The van der Waals surface area contributed by atoms with Crippen LogP contribution >= 0.6 is 0 Å². The number of hydrogen-bond donors (Lipinski definition) is 0. The normalized spacial score (nSPS) is 18.7. The van der Waals surface area contributed by atoms with E-state index in [4.69, 9.17) is 0 Å². The quantitative estimate of drug-likeness (QED) is 0.395. The summed E-state index contributed by atoms with van der Waals surface area (Å²) in [6, 6.07) is 0. The Labute approximate surface area is 157 Å². The van der Waals surface area contributed by atoms with Crippen molar-refractivity contribution >= 4 is 0 Å². The fourth-order valence-corrected chi connectivity index (χ4v) is 4.35. The van der Waals surface area contributed by atoms with E-state index < -0.39 is 6.17 Å². The van der Waals surface area contributed by atoms with Crippen LogP contribution in [0, 0.1) is 10.8 Å². The van der Waals surface area contributed by atoms with E-state index in [1.54, 1.807) is 0 Å². The summed E-state index contributed by atoms with van der Waals surface area (Å²) in [5.41, 5.74) is -0.127. The van der Waals surface area contributed by atoms with Crippen molar-refractivity contribution in [3.05, 3.63) is 12.4 Å². The summed E-state index contributed by atoms with van der Waals surface area (Å²) in [5, 5.41) is 0. The fraction of sp³-hybridized carbons (Fsp3) is 0.909. The van der Waals surface area contributed by atoms with Gasteiger partial charge in [-0.25, -0.2) is 4.39 Å². The lowest BCUT2D eigenvalue weighted by Crippen LogP contribution is -2.59. The molecule has 0 heterocycles. The van der Waals surface area contributed by atoms with E-state index in [0.29, 0.717) is 12.8 Å². The minimum Gasteiger partial charge on any atom is -0.379 e. The molecule has 0 bridgehead atoms. The van der Waals surface area contributed by atoms with E-state index >= 15 is 0 Å². The van der Waals surface area contributed by atoms with Gasteiger partial charge in [0.05, 0.1) is 0 Å². The first-order chi connectivity index (χ1) is 11.5. The molecule has 0 aromatic rings. The molecule has 150 valence electrons. The molecule has 0 aliphatic carbocycles. The Morgan fingerprint density at radius 2 is 1.48 bits per heavy atom. The van der Waals surface area contributed by atoms with Gasteiger partial charge in [0.1, 0.15) is 6.17 Å². The minimum atomic E-state index is -0.724. The summed E-state index contributed by atoms with van der Waals surface area (Å²) < 4.78 is 14.3. The second-order valence-electron chi connectivity index (χ2n) is 8.80. The molecule has 0 saturated heterocycles. The summed E-state index contributed by atoms with van der Waals surface area (Å²) >= 11 is 0. The van der Waals surface area contributed by atoms with Crippen LogP contribution in [-0.4, -0.2) is 42.2 Å². The molecule has 25 heavy (non-hydrogen) atoms. The third-order valence-electron chi connectivity index (χ3n) is 7.15. The van der Waals surface area contributed by atoms with Crippen molar-refractivity contribution in [2.45, 2.75) is 99.2 Å². The number of nitrogens with zero attached hydrogens (tertiary/aromatic N) is 2. The van der Waals surface area contributed by atoms with Gasteiger partial charge in [0.15, 0.2) is 0 Å². The van der Waals surface area contributed by atoms with E-state index in [0.717, 1.165) is 25.8 Å². The number of halogens is 1. The summed E-state index contributed by atoms with van der Waals surface area (Å²) in [5.74, 6) is 0. The molecular formula is C22H45FN2. The van der Waals surface area contributed by atoms with Gasteiger partial charge in [0.25, 0.3) is 0 Å². The molecule has 0 spiro atoms. The highest BCUT2D eigenvalue weighted by Crippen LogP contribution is 2.55. The molecule has 3 atom stereocenters. The third kappa shape index (κ3) is 5.37. The zero-order valence-electron chi connectivity index (χ0n) is 18.7. The van der Waals surface area contributed by atoms with Crippen LogP contribution in [0.3, 0.4) is 0 Å². The molecule has 0 aliphatic heterocycles. The Balaban J connectivity index is 5.71. The van der Waals surface area contributed by atoms with Crippen molar-refractivity contribution in [3.8, 4) is 0 Å². The second kappa shape index (κ2) is 9.83. The zero-order valence-corrected chi connectivity index (χ0v) is 18.7. The van der Waals surface area contributed by atoms with Crippen LogP contribution in [-0.2, 0) is 0 Å². The highest BCUT2D eigenvalue weighted by molar-refractivity contribution is 5.08. The molecule has 0 radical (unpaired) electrons. The molecule has 0 saturated carbocycles. The van der Waals surface area contributed by atoms with E-state index in [-0.39, 0.29) is 16.4 Å². The van der Waals surface area contributed by atoms with E-state index in [2.05, 4.69) is 84.8 Å². The average molecular weight is 357 g/mol. The maximum Gasteiger partial charge on any atom is 0.100 e. The smallest absolute Gasteiger partial charge is 0.100 e. The van der Waals surface area contributed by atoms with Crippen LogP contribution in [0.1, 0.15) is 87.5 Å². The Bertz CT molecular complexity index is 407. The van der Waals surface area contributed by atoms with Crippen LogP contribution in [0.2, 0.25) is 0 Å². The van der Waals surface area contributed by atoms with E-state index in [1.807, 2.05) is 6.92 Å². The Hall–Kier alpha value is -0.730. The van der Waals surface area contributed by atoms with E-state index in [1.165, 1.54) is 0 Å². The number of rotatable bonds is 12. The molecule has 0 aromatic carbocycles. The van der Waals surface area contributed by atoms with Crippen molar-refractivity contribution in [2.24, 2.45) is 10.8 Å². The molecule has 3 unspecified atom stereocenters. The van der Waals surface area contributed by atoms with Gasteiger partial charge in [-0.2, -0.15) is 0 Å². The van der Waals surface area contributed by atoms with Crippen LogP contribution in [0.5, 0.6) is 0 Å². The maximum absolute atomic E-state index is 14.3. The molecular weight excluding hydrogens is 311 g/mol. The fourth-order valence-electron chi connectivity index (χ4n) is 4.35. The van der Waals surface area contributed by atoms with Gasteiger partial charge < -0.3 is 9.80 Å². The average Bonchev–Trinajstić information content (AvgIpc) is 2.57. The summed E-state index contributed by atoms with van der Waals surface area (Å²) in [6.45, 7) is 18.9. The van der Waals surface area contributed by atoms with Crippen molar-refractivity contribution < 1.29 is 4.39 Å². The second-order valence-corrected chi connectivity index (χ2v) is 8.80. The van der Waals surface area contributed by atoms with Gasteiger partial charge in [-0.15, -0.1) is 0 Å². The zero-order chi connectivity index (χ0) is 19.9. The molecule has 0 aromatic heterocycles. The van der Waals surface area contributed by atoms with Crippen molar-refractivity contribution in [3.63, 3.8) is 0 Å². The molecule has 0 rings (SSSR count). The highest BCUT2D eigenvalue weighted by atomic mass is 19.1. The number of alkyl halides is 1. The molecule has 0 amide bonds. The first-order valence-corrected chi connectivity index (χ1v) is 10.2. The van der Waals surface area contributed by atoms with Crippen molar-refractivity contribution in [1.29, 1.82) is 0 Å². The van der Waals surface area contributed by atoms with Gasteiger partial charge in [-0.1, -0.05) is 48.5 Å². The van der Waals surface area contributed by atoms with Gasteiger partial charge in [0, 0.05) is 38.6 Å². The van der Waals surface area contributed by atoms with Crippen molar-refractivity contribution in [1.82, 2.24) is 9.80 Å². The summed E-state index contributed by atoms with van der Waals surface area (Å²) in [7, 11) is 4.30. The first kappa shape index (κ1) is 24.3. The highest BCUT2D eigenvalue weighted by Gasteiger charge is 2.53. The van der Waals surface area contributed by atoms with Crippen molar-refractivity contribution in [2.75, 3.05) is 20.6 Å². The molecule has 2 nitrogen and oxygen atoms in total. The lowest BCUT2D eigenvalue weighted by Gasteiger charge is -2.59. The predicted octanol–water partition coefficient (Wildman–Crippen LogP) is 6.48. The Morgan fingerprint density at radius 3 is 1.88 bits per heavy atom. The Morgan fingerprint density at radius 1 is 0.920 bits per heavy atom. The largest absolute Gasteiger partial charge is 0.379 e. The summed E-state index contributed by atoms with van der Waals surface area (Å²) in [6.07, 6.45) is 8.08. The maximum atomic E-state index is 14.3. The van der Waals surface area contributed by atoms with Crippen LogP contribution in [0.4, 0.5) is 4.39 Å². The van der Waals surface area contributed by atoms with Gasteiger partial charge in [-0.05, 0) is 49.9 Å². The first-order valence-electron chi connectivity index (χ1n) is 10.2. The lowest BCUT2D eigenvalue weighted by molar-refractivity contribution is -0.0774. The standard InChI is InChI=1S/C22H45FN2/c1-11-15-24(9)16-17-25(10)22(8,14-4)21(7,13-3)20(5,6)18-19(23)12-2/h16-17,19H,11-15,18H2,1-10H3/b17-16-. The predicted molar refractivity (Wildman–Crippen MR) is 111 cm³/mol. The van der Waals surface area contributed by atoms with Gasteiger partial charge in [-0.3, -0.25) is 0 Å². The summed E-state index contributed by atoms with van der Waals surface area (Å²) in [4.78, 5) is 4.60. The lowest BCUT2D eigenvalue weighted by atomic mass is 9.53. The molecule has 0 N–H and O–H groups in total. The van der Waals surface area contributed by atoms with Gasteiger partial charge in [0.2, 0.25) is 0 Å². The SMILES string of the molecule is CCCN(C)/C=C\N(C)C(C)(CC)C(C)(CC)C(C)(C)CC(F)CC. The molecule has 3 heteroatoms. The number of hydrogen-bond acceptors (Lipinski definition) is 2. The van der Waals surface area contributed by atoms with Crippen LogP contribution in [0.15, 0.2) is 12.4 Å². The molecule has 0 fully saturated rings. The monoisotopic (exact) mass is 356 g/mol. The topological polar surface area (TPSA) is 6.48 Å². The Kier molecular flexibility index (Phi) is 9.54. The van der Waals surface area contributed by atoms with Crippen LogP contribution in [0.25, 0.3) is 0 Å².